The van der Waals surface area contributed by atoms with E-state index < -0.39 is 11.9 Å². The van der Waals surface area contributed by atoms with Gasteiger partial charge in [0.2, 0.25) is 5.91 Å². The summed E-state index contributed by atoms with van der Waals surface area (Å²) in [6.07, 6.45) is 1.43. The predicted octanol–water partition coefficient (Wildman–Crippen LogP) is 2.29. The fourth-order valence-corrected chi connectivity index (χ4v) is 1.53. The van der Waals surface area contributed by atoms with Crippen LogP contribution in [-0.2, 0) is 4.79 Å². The Morgan fingerprint density at radius 2 is 2.22 bits per heavy atom. The van der Waals surface area contributed by atoms with Gasteiger partial charge in [0.25, 0.3) is 0 Å². The topological polar surface area (TPSA) is 64.4 Å². The van der Waals surface area contributed by atoms with Crippen molar-refractivity contribution in [2.75, 3.05) is 11.9 Å². The minimum Gasteiger partial charge on any atom is -0.491 e. The quantitative estimate of drug-likeness (QED) is 0.818. The molecule has 1 rings (SSSR count). The number of nitrogens with one attached hydrogen (secondary N) is 1. The first kappa shape index (κ1) is 14.4. The van der Waals surface area contributed by atoms with Gasteiger partial charge in [-0.1, -0.05) is 13.3 Å². The number of anilines is 1. The molecule has 0 aliphatic heterocycles. The van der Waals surface area contributed by atoms with Crippen LogP contribution in [0.3, 0.4) is 0 Å². The fourth-order valence-electron chi connectivity index (χ4n) is 1.53. The zero-order chi connectivity index (χ0) is 13.5. The Morgan fingerprint density at radius 3 is 2.78 bits per heavy atom. The number of halogens is 1. The molecule has 0 aromatic heterocycles. The number of ether oxygens (including phenoxy) is 1. The molecule has 0 fully saturated rings. The Kier molecular flexibility index (Phi) is 5.58. The predicted molar refractivity (Wildman–Crippen MR) is 69.1 cm³/mol. The summed E-state index contributed by atoms with van der Waals surface area (Å²) in [5, 5.41) is 2.58. The molecule has 4 nitrogen and oxygen atoms in total. The molecule has 1 aromatic rings. The second-order valence-electron chi connectivity index (χ2n) is 3.96. The van der Waals surface area contributed by atoms with Gasteiger partial charge < -0.3 is 15.8 Å². The Labute approximate surface area is 106 Å². The highest BCUT2D eigenvalue weighted by molar-refractivity contribution is 5.94. The minimum absolute atomic E-state index is 0.174. The molecule has 0 aliphatic rings. The average molecular weight is 254 g/mol. The van der Waals surface area contributed by atoms with Crippen LogP contribution >= 0.6 is 0 Å². The van der Waals surface area contributed by atoms with Crippen molar-refractivity contribution < 1.29 is 13.9 Å². The van der Waals surface area contributed by atoms with Gasteiger partial charge in [0.15, 0.2) is 11.6 Å². The first-order valence-electron chi connectivity index (χ1n) is 6.07. The van der Waals surface area contributed by atoms with Crippen LogP contribution in [0, 0.1) is 5.82 Å². The summed E-state index contributed by atoms with van der Waals surface area (Å²) in [7, 11) is 0. The summed E-state index contributed by atoms with van der Waals surface area (Å²) in [5.41, 5.74) is 6.04. The fraction of sp³-hybridized carbons (Fsp3) is 0.462. The lowest BCUT2D eigenvalue weighted by molar-refractivity contribution is -0.117. The van der Waals surface area contributed by atoms with Gasteiger partial charge >= 0.3 is 0 Å². The van der Waals surface area contributed by atoms with Gasteiger partial charge in [0.05, 0.1) is 12.6 Å². The highest BCUT2D eigenvalue weighted by Gasteiger charge is 2.13. The maximum absolute atomic E-state index is 13.5. The van der Waals surface area contributed by atoms with Gasteiger partial charge in [-0.25, -0.2) is 4.39 Å². The van der Waals surface area contributed by atoms with Gasteiger partial charge in [-0.3, -0.25) is 4.79 Å². The maximum Gasteiger partial charge on any atom is 0.241 e. The lowest BCUT2D eigenvalue weighted by atomic mass is 10.1. The van der Waals surface area contributed by atoms with E-state index in [0.29, 0.717) is 18.7 Å². The third-order valence-electron chi connectivity index (χ3n) is 2.44. The molecule has 0 saturated carbocycles. The molecule has 0 saturated heterocycles. The van der Waals surface area contributed by atoms with Crippen LogP contribution in [-0.4, -0.2) is 18.6 Å². The van der Waals surface area contributed by atoms with Crippen LogP contribution in [0.4, 0.5) is 10.1 Å². The van der Waals surface area contributed by atoms with Crippen molar-refractivity contribution in [2.24, 2.45) is 5.73 Å². The SMILES string of the molecule is CCC[C@H](N)C(=O)Nc1ccc(OCC)c(F)c1. The molecule has 1 atom stereocenters. The number of carbonyl (C=O) groups excluding carboxylic acids is 1. The number of hydrogen-bond acceptors (Lipinski definition) is 3. The van der Waals surface area contributed by atoms with Crippen molar-refractivity contribution >= 4 is 11.6 Å². The zero-order valence-corrected chi connectivity index (χ0v) is 10.7. The van der Waals surface area contributed by atoms with E-state index in [9.17, 15) is 9.18 Å². The van der Waals surface area contributed by atoms with Gasteiger partial charge in [-0.2, -0.15) is 0 Å². The molecule has 3 N–H and O–H groups in total. The summed E-state index contributed by atoms with van der Waals surface area (Å²) >= 11 is 0. The Morgan fingerprint density at radius 1 is 1.50 bits per heavy atom. The molecule has 100 valence electrons. The molecular weight excluding hydrogens is 235 g/mol. The van der Waals surface area contributed by atoms with E-state index in [2.05, 4.69) is 5.32 Å². The number of carbonyl (C=O) groups is 1. The monoisotopic (exact) mass is 254 g/mol. The highest BCUT2D eigenvalue weighted by Crippen LogP contribution is 2.21. The van der Waals surface area contributed by atoms with Gasteiger partial charge in [-0.05, 0) is 25.5 Å². The van der Waals surface area contributed by atoms with E-state index in [1.165, 1.54) is 12.1 Å². The number of nitrogens with two attached hydrogens (primary N) is 1. The normalized spacial score (nSPS) is 12.0. The molecule has 18 heavy (non-hydrogen) atoms. The van der Waals surface area contributed by atoms with E-state index in [-0.39, 0.29) is 11.7 Å². The van der Waals surface area contributed by atoms with Gasteiger partial charge in [0.1, 0.15) is 0 Å². The smallest absolute Gasteiger partial charge is 0.241 e. The standard InChI is InChI=1S/C13H19FN2O2/c1-3-5-11(15)13(17)16-9-6-7-12(18-4-2)10(14)8-9/h6-8,11H,3-5,15H2,1-2H3,(H,16,17)/t11-/m0/s1. The lowest BCUT2D eigenvalue weighted by Crippen LogP contribution is -2.35. The first-order valence-corrected chi connectivity index (χ1v) is 6.07. The molecule has 0 radical (unpaired) electrons. The number of benzene rings is 1. The second-order valence-corrected chi connectivity index (χ2v) is 3.96. The van der Waals surface area contributed by atoms with E-state index >= 15 is 0 Å². The van der Waals surface area contributed by atoms with Crippen molar-refractivity contribution in [3.8, 4) is 5.75 Å². The summed E-state index contributed by atoms with van der Waals surface area (Å²) < 4.78 is 18.6. The van der Waals surface area contributed by atoms with Gasteiger partial charge in [0, 0.05) is 11.8 Å². The van der Waals surface area contributed by atoms with Crippen LogP contribution in [0.5, 0.6) is 5.75 Å². The summed E-state index contributed by atoms with van der Waals surface area (Å²) in [5.74, 6) is -0.632. The minimum atomic E-state index is -0.565. The molecule has 0 heterocycles. The van der Waals surface area contributed by atoms with Crippen LogP contribution in [0.1, 0.15) is 26.7 Å². The molecular formula is C13H19FN2O2. The molecule has 1 aromatic carbocycles. The molecule has 0 spiro atoms. The van der Waals surface area contributed by atoms with Crippen molar-refractivity contribution in [1.29, 1.82) is 0 Å². The van der Waals surface area contributed by atoms with Crippen molar-refractivity contribution in [1.82, 2.24) is 0 Å². The van der Waals surface area contributed by atoms with E-state index in [4.69, 9.17) is 10.5 Å². The first-order chi connectivity index (χ1) is 8.58. The van der Waals surface area contributed by atoms with Crippen LogP contribution in [0.2, 0.25) is 0 Å². The zero-order valence-electron chi connectivity index (χ0n) is 10.7. The number of amides is 1. The summed E-state index contributed by atoms with van der Waals surface area (Å²) in [6.45, 7) is 4.12. The van der Waals surface area contributed by atoms with Crippen molar-refractivity contribution in [3.63, 3.8) is 0 Å². The van der Waals surface area contributed by atoms with Crippen LogP contribution in [0.25, 0.3) is 0 Å². The molecule has 1 amide bonds. The summed E-state index contributed by atoms with van der Waals surface area (Å²) in [6, 6.07) is 3.73. The Bertz CT molecular complexity index is 410. The number of rotatable bonds is 6. The molecule has 5 heteroatoms. The third-order valence-corrected chi connectivity index (χ3v) is 2.44. The highest BCUT2D eigenvalue weighted by atomic mass is 19.1. The Balaban J connectivity index is 2.68. The van der Waals surface area contributed by atoms with E-state index in [1.54, 1.807) is 13.0 Å². The van der Waals surface area contributed by atoms with Gasteiger partial charge in [-0.15, -0.1) is 0 Å². The van der Waals surface area contributed by atoms with E-state index in [1.807, 2.05) is 6.92 Å². The van der Waals surface area contributed by atoms with Crippen LogP contribution in [0.15, 0.2) is 18.2 Å². The second kappa shape index (κ2) is 6.96. The summed E-state index contributed by atoms with van der Waals surface area (Å²) in [4.78, 5) is 11.6. The molecule has 0 unspecified atom stereocenters. The Hall–Kier alpha value is -1.62. The van der Waals surface area contributed by atoms with Crippen molar-refractivity contribution in [2.45, 2.75) is 32.7 Å². The lowest BCUT2D eigenvalue weighted by Gasteiger charge is -2.12. The van der Waals surface area contributed by atoms with E-state index in [0.717, 1.165) is 6.42 Å². The largest absolute Gasteiger partial charge is 0.491 e. The number of hydrogen-bond donors (Lipinski definition) is 2. The maximum atomic E-state index is 13.5. The molecule has 0 bridgehead atoms. The van der Waals surface area contributed by atoms with Crippen LogP contribution < -0.4 is 15.8 Å². The third kappa shape index (κ3) is 4.00. The molecule has 0 aliphatic carbocycles. The average Bonchev–Trinajstić information content (AvgIpc) is 2.33. The van der Waals surface area contributed by atoms with Crippen molar-refractivity contribution in [3.05, 3.63) is 24.0 Å².